The van der Waals surface area contributed by atoms with Crippen molar-refractivity contribution in [1.82, 2.24) is 0 Å². The molecule has 0 amide bonds. The van der Waals surface area contributed by atoms with E-state index in [1.807, 2.05) is 26.0 Å². The van der Waals surface area contributed by atoms with E-state index in [1.165, 1.54) is 5.56 Å². The number of alkyl halides is 1. The molecule has 0 saturated carbocycles. The van der Waals surface area contributed by atoms with Crippen molar-refractivity contribution in [2.45, 2.75) is 26.7 Å². The SMILES string of the molecule is Cc1ccc2c(c1)CCCN2S(=O)(=O)CC(C)CCl. The number of hydrogen-bond donors (Lipinski definition) is 0. The van der Waals surface area contributed by atoms with Crippen molar-refractivity contribution in [1.29, 1.82) is 0 Å². The highest BCUT2D eigenvalue weighted by Gasteiger charge is 2.28. The molecule has 0 aromatic heterocycles. The molecule has 1 aromatic carbocycles. The van der Waals surface area contributed by atoms with Crippen molar-refractivity contribution >= 4 is 27.3 Å². The third kappa shape index (κ3) is 3.23. The zero-order valence-corrected chi connectivity index (χ0v) is 13.0. The van der Waals surface area contributed by atoms with Gasteiger partial charge in [0.2, 0.25) is 10.0 Å². The van der Waals surface area contributed by atoms with E-state index in [1.54, 1.807) is 4.31 Å². The lowest BCUT2D eigenvalue weighted by molar-refractivity contribution is 0.574. The van der Waals surface area contributed by atoms with Crippen LogP contribution in [0.2, 0.25) is 0 Å². The number of halogens is 1. The predicted octanol–water partition coefficient (Wildman–Crippen LogP) is 2.95. The molecule has 1 aliphatic rings. The summed E-state index contributed by atoms with van der Waals surface area (Å²) >= 11 is 5.74. The van der Waals surface area contributed by atoms with Gasteiger partial charge in [-0.25, -0.2) is 8.42 Å². The van der Waals surface area contributed by atoms with Crippen LogP contribution in [0.1, 0.15) is 24.5 Å². The Morgan fingerprint density at radius 3 is 2.84 bits per heavy atom. The molecule has 1 aromatic rings. The Morgan fingerprint density at radius 1 is 1.42 bits per heavy atom. The Kier molecular flexibility index (Phi) is 4.41. The highest BCUT2D eigenvalue weighted by molar-refractivity contribution is 7.92. The second-order valence-electron chi connectivity index (χ2n) is 5.35. The van der Waals surface area contributed by atoms with E-state index in [2.05, 4.69) is 6.07 Å². The summed E-state index contributed by atoms with van der Waals surface area (Å²) in [5.74, 6) is 0.458. The van der Waals surface area contributed by atoms with Crippen LogP contribution >= 0.6 is 11.6 Å². The number of benzene rings is 1. The summed E-state index contributed by atoms with van der Waals surface area (Å²) in [5.41, 5.74) is 3.15. The van der Waals surface area contributed by atoms with Gasteiger partial charge in [-0.05, 0) is 37.3 Å². The molecule has 1 heterocycles. The number of anilines is 1. The van der Waals surface area contributed by atoms with E-state index in [-0.39, 0.29) is 11.7 Å². The minimum absolute atomic E-state index is 0.0255. The van der Waals surface area contributed by atoms with E-state index in [0.717, 1.165) is 24.1 Å². The minimum Gasteiger partial charge on any atom is -0.270 e. The van der Waals surface area contributed by atoms with Crippen LogP contribution in [0.5, 0.6) is 0 Å². The zero-order chi connectivity index (χ0) is 14.0. The first kappa shape index (κ1) is 14.7. The van der Waals surface area contributed by atoms with Crippen LogP contribution in [-0.2, 0) is 16.4 Å². The van der Waals surface area contributed by atoms with Crippen molar-refractivity contribution in [3.63, 3.8) is 0 Å². The largest absolute Gasteiger partial charge is 0.270 e. The van der Waals surface area contributed by atoms with Crippen LogP contribution in [0.3, 0.4) is 0 Å². The number of rotatable bonds is 4. The molecule has 1 unspecified atom stereocenters. The van der Waals surface area contributed by atoms with E-state index in [0.29, 0.717) is 12.4 Å². The molecule has 1 atom stereocenters. The van der Waals surface area contributed by atoms with Crippen LogP contribution in [0.25, 0.3) is 0 Å². The van der Waals surface area contributed by atoms with Gasteiger partial charge < -0.3 is 0 Å². The number of fused-ring (bicyclic) bond motifs is 1. The van der Waals surface area contributed by atoms with Crippen molar-refractivity contribution in [2.75, 3.05) is 22.5 Å². The molecule has 5 heteroatoms. The van der Waals surface area contributed by atoms with Crippen LogP contribution < -0.4 is 4.31 Å². The minimum atomic E-state index is -3.27. The van der Waals surface area contributed by atoms with Crippen molar-refractivity contribution in [3.8, 4) is 0 Å². The lowest BCUT2D eigenvalue weighted by Gasteiger charge is -2.31. The van der Waals surface area contributed by atoms with Crippen LogP contribution in [0, 0.1) is 12.8 Å². The van der Waals surface area contributed by atoms with E-state index >= 15 is 0 Å². The molecule has 0 spiro atoms. The molecular weight excluding hydrogens is 282 g/mol. The number of sulfonamides is 1. The van der Waals surface area contributed by atoms with Gasteiger partial charge >= 0.3 is 0 Å². The monoisotopic (exact) mass is 301 g/mol. The smallest absolute Gasteiger partial charge is 0.235 e. The first-order valence-electron chi connectivity index (χ1n) is 6.60. The quantitative estimate of drug-likeness (QED) is 0.802. The van der Waals surface area contributed by atoms with Gasteiger partial charge in [0, 0.05) is 12.4 Å². The molecule has 3 nitrogen and oxygen atoms in total. The Bertz CT molecular complexity index is 557. The summed E-state index contributed by atoms with van der Waals surface area (Å²) in [6.07, 6.45) is 1.83. The fraction of sp³-hybridized carbons (Fsp3) is 0.571. The van der Waals surface area contributed by atoms with Gasteiger partial charge in [0.1, 0.15) is 0 Å². The van der Waals surface area contributed by atoms with Crippen molar-refractivity contribution < 1.29 is 8.42 Å². The molecule has 0 bridgehead atoms. The summed E-state index contributed by atoms with van der Waals surface area (Å²) in [7, 11) is -3.27. The standard InChI is InChI=1S/C14H20ClNO2S/c1-11-5-6-14-13(8-11)4-3-7-16(14)19(17,18)10-12(2)9-15/h5-6,8,12H,3-4,7,9-10H2,1-2H3. The second kappa shape index (κ2) is 5.71. The maximum Gasteiger partial charge on any atom is 0.235 e. The molecule has 0 radical (unpaired) electrons. The Balaban J connectivity index is 2.33. The fourth-order valence-corrected chi connectivity index (χ4v) is 4.61. The summed E-state index contributed by atoms with van der Waals surface area (Å²) in [5, 5.41) is 0. The molecule has 0 N–H and O–H groups in total. The summed E-state index contributed by atoms with van der Waals surface area (Å²) in [6, 6.07) is 5.98. The number of nitrogens with zero attached hydrogens (tertiary/aromatic N) is 1. The van der Waals surface area contributed by atoms with Gasteiger partial charge in [-0.15, -0.1) is 11.6 Å². The lowest BCUT2D eigenvalue weighted by atomic mass is 10.0. The Labute approximate surface area is 120 Å². The van der Waals surface area contributed by atoms with Gasteiger partial charge in [-0.3, -0.25) is 4.31 Å². The van der Waals surface area contributed by atoms with Crippen LogP contribution in [0.15, 0.2) is 18.2 Å². The maximum atomic E-state index is 12.5. The molecule has 2 rings (SSSR count). The molecule has 1 aliphatic heterocycles. The fourth-order valence-electron chi connectivity index (χ4n) is 2.47. The van der Waals surface area contributed by atoms with Gasteiger partial charge in [-0.2, -0.15) is 0 Å². The second-order valence-corrected chi connectivity index (χ2v) is 7.59. The lowest BCUT2D eigenvalue weighted by Crippen LogP contribution is -2.38. The average molecular weight is 302 g/mol. The Morgan fingerprint density at radius 2 is 2.16 bits per heavy atom. The Hall–Kier alpha value is -0.740. The molecular formula is C14H20ClNO2S. The highest BCUT2D eigenvalue weighted by Crippen LogP contribution is 2.30. The van der Waals surface area contributed by atoms with E-state index < -0.39 is 10.0 Å². The molecule has 0 saturated heterocycles. The van der Waals surface area contributed by atoms with Crippen molar-refractivity contribution in [2.24, 2.45) is 5.92 Å². The topological polar surface area (TPSA) is 37.4 Å². The van der Waals surface area contributed by atoms with Gasteiger partial charge in [0.25, 0.3) is 0 Å². The third-order valence-electron chi connectivity index (χ3n) is 3.41. The summed E-state index contributed by atoms with van der Waals surface area (Å²) in [6.45, 7) is 4.47. The third-order valence-corrected chi connectivity index (χ3v) is 5.97. The average Bonchev–Trinajstić information content (AvgIpc) is 2.37. The predicted molar refractivity (Wildman–Crippen MR) is 80.5 cm³/mol. The molecule has 0 fully saturated rings. The number of hydrogen-bond acceptors (Lipinski definition) is 2. The molecule has 0 aliphatic carbocycles. The van der Waals surface area contributed by atoms with E-state index in [9.17, 15) is 8.42 Å². The van der Waals surface area contributed by atoms with Crippen molar-refractivity contribution in [3.05, 3.63) is 29.3 Å². The van der Waals surface area contributed by atoms with Gasteiger partial charge in [0.15, 0.2) is 0 Å². The van der Waals surface area contributed by atoms with E-state index in [4.69, 9.17) is 11.6 Å². The number of aryl methyl sites for hydroxylation is 2. The first-order valence-corrected chi connectivity index (χ1v) is 8.74. The zero-order valence-electron chi connectivity index (χ0n) is 11.4. The highest BCUT2D eigenvalue weighted by atomic mass is 35.5. The van der Waals surface area contributed by atoms with Gasteiger partial charge in [-0.1, -0.05) is 24.6 Å². The normalized spacial score (nSPS) is 17.1. The van der Waals surface area contributed by atoms with Gasteiger partial charge in [0.05, 0.1) is 11.4 Å². The molecule has 106 valence electrons. The van der Waals surface area contributed by atoms with Crippen LogP contribution in [0.4, 0.5) is 5.69 Å². The molecule has 19 heavy (non-hydrogen) atoms. The summed E-state index contributed by atoms with van der Waals surface area (Å²) in [4.78, 5) is 0. The first-order chi connectivity index (χ1) is 8.94. The maximum absolute atomic E-state index is 12.5. The van der Waals surface area contributed by atoms with Crippen LogP contribution in [-0.4, -0.2) is 26.6 Å². The summed E-state index contributed by atoms with van der Waals surface area (Å²) < 4.78 is 26.5.